The minimum Gasteiger partial charge on any atom is -0.497 e. The first-order valence-corrected chi connectivity index (χ1v) is 7.42. The van der Waals surface area contributed by atoms with E-state index in [1.807, 2.05) is 31.3 Å². The summed E-state index contributed by atoms with van der Waals surface area (Å²) in [5.41, 5.74) is 3.41. The average molecular weight is 333 g/mol. The van der Waals surface area contributed by atoms with Crippen LogP contribution in [0.25, 0.3) is 11.2 Å². The molecule has 1 N–H and O–H groups in total. The van der Waals surface area contributed by atoms with Crippen LogP contribution in [0.2, 0.25) is 5.15 Å². The molecule has 0 spiro atoms. The minimum absolute atomic E-state index is 0.410. The summed E-state index contributed by atoms with van der Waals surface area (Å²) in [7, 11) is 5.26. The molecule has 0 amide bonds. The van der Waals surface area contributed by atoms with Gasteiger partial charge in [-0.1, -0.05) is 11.6 Å². The van der Waals surface area contributed by atoms with Crippen LogP contribution < -0.4 is 14.4 Å². The monoisotopic (exact) mass is 332 g/mol. The quantitative estimate of drug-likeness (QED) is 0.726. The fraction of sp³-hybridized carbons (Fsp3) is 0.250. The Bertz CT molecular complexity index is 834. The molecule has 6 nitrogen and oxygen atoms in total. The number of pyridine rings is 1. The minimum atomic E-state index is 0.410. The number of aromatic nitrogens is 3. The number of halogens is 1. The molecule has 0 radical (unpaired) electrons. The molecule has 3 rings (SSSR count). The topological polar surface area (TPSA) is 63.3 Å². The number of rotatable bonds is 5. The first-order chi connectivity index (χ1) is 11.1. The van der Waals surface area contributed by atoms with Crippen LogP contribution in [0.5, 0.6) is 11.5 Å². The number of H-pyrrole nitrogens is 1. The maximum absolute atomic E-state index is 6.09. The van der Waals surface area contributed by atoms with Gasteiger partial charge in [-0.3, -0.25) is 0 Å². The maximum Gasteiger partial charge on any atom is 0.180 e. The summed E-state index contributed by atoms with van der Waals surface area (Å²) in [6.07, 6.45) is 1.61. The number of aromatic amines is 1. The molecule has 2 aromatic heterocycles. The Hall–Kier alpha value is -2.47. The summed E-state index contributed by atoms with van der Waals surface area (Å²) in [4.78, 5) is 13.5. The number of methoxy groups -OCH3 is 2. The van der Waals surface area contributed by atoms with Crippen molar-refractivity contribution in [1.29, 1.82) is 0 Å². The van der Waals surface area contributed by atoms with E-state index in [4.69, 9.17) is 21.1 Å². The molecule has 3 aromatic rings. The molecule has 0 bridgehead atoms. The van der Waals surface area contributed by atoms with E-state index in [0.717, 1.165) is 28.3 Å². The second kappa shape index (κ2) is 6.34. The third-order valence-electron chi connectivity index (χ3n) is 3.66. The van der Waals surface area contributed by atoms with Gasteiger partial charge in [-0.05, 0) is 12.1 Å². The number of fused-ring (bicyclic) bond motifs is 1. The van der Waals surface area contributed by atoms with E-state index in [9.17, 15) is 0 Å². The molecule has 23 heavy (non-hydrogen) atoms. The lowest BCUT2D eigenvalue weighted by Crippen LogP contribution is -2.17. The number of nitrogens with zero attached hydrogens (tertiary/aromatic N) is 3. The smallest absolute Gasteiger partial charge is 0.180 e. The molecule has 0 unspecified atom stereocenters. The van der Waals surface area contributed by atoms with Crippen LogP contribution >= 0.6 is 11.6 Å². The number of hydrogen-bond acceptors (Lipinski definition) is 5. The average Bonchev–Trinajstić information content (AvgIpc) is 3.02. The van der Waals surface area contributed by atoms with Crippen molar-refractivity contribution < 1.29 is 9.47 Å². The Labute approximate surface area is 139 Å². The molecular weight excluding hydrogens is 316 g/mol. The van der Waals surface area contributed by atoms with E-state index >= 15 is 0 Å². The van der Waals surface area contributed by atoms with Gasteiger partial charge in [-0.2, -0.15) is 0 Å². The third kappa shape index (κ3) is 3.03. The number of hydrogen-bond donors (Lipinski definition) is 1. The second-order valence-electron chi connectivity index (χ2n) is 5.10. The van der Waals surface area contributed by atoms with Crippen LogP contribution in [-0.4, -0.2) is 36.2 Å². The van der Waals surface area contributed by atoms with Gasteiger partial charge in [0, 0.05) is 31.3 Å². The molecule has 0 aliphatic heterocycles. The van der Waals surface area contributed by atoms with Gasteiger partial charge in [0.15, 0.2) is 5.65 Å². The lowest BCUT2D eigenvalue weighted by molar-refractivity contribution is 0.391. The van der Waals surface area contributed by atoms with Gasteiger partial charge in [0.25, 0.3) is 0 Å². The zero-order valence-corrected chi connectivity index (χ0v) is 13.9. The van der Waals surface area contributed by atoms with Crippen LogP contribution in [0.4, 0.5) is 5.69 Å². The number of benzene rings is 1. The molecule has 120 valence electrons. The van der Waals surface area contributed by atoms with Crippen molar-refractivity contribution in [2.45, 2.75) is 6.54 Å². The van der Waals surface area contributed by atoms with Crippen LogP contribution in [0.15, 0.2) is 30.6 Å². The predicted molar refractivity (Wildman–Crippen MR) is 90.6 cm³/mol. The Balaban J connectivity index is 1.94. The van der Waals surface area contributed by atoms with Crippen LogP contribution in [0.3, 0.4) is 0 Å². The second-order valence-corrected chi connectivity index (χ2v) is 5.49. The van der Waals surface area contributed by atoms with Crippen molar-refractivity contribution >= 4 is 28.5 Å². The molecule has 1 aromatic carbocycles. The first kappa shape index (κ1) is 15.4. The Morgan fingerprint density at radius 3 is 2.78 bits per heavy atom. The van der Waals surface area contributed by atoms with Gasteiger partial charge in [-0.25, -0.2) is 9.97 Å². The summed E-state index contributed by atoms with van der Waals surface area (Å²) in [5.74, 6) is 1.54. The summed E-state index contributed by atoms with van der Waals surface area (Å²) in [6.45, 7) is 0.641. The lowest BCUT2D eigenvalue weighted by atomic mass is 10.1. The molecule has 0 aliphatic carbocycles. The summed E-state index contributed by atoms with van der Waals surface area (Å²) in [6, 6.07) is 7.59. The molecule has 0 saturated heterocycles. The van der Waals surface area contributed by atoms with Gasteiger partial charge in [0.05, 0.1) is 26.2 Å². The number of nitrogens with one attached hydrogen (secondary N) is 1. The highest BCUT2D eigenvalue weighted by molar-refractivity contribution is 6.30. The summed E-state index contributed by atoms with van der Waals surface area (Å²) >= 11 is 6.09. The van der Waals surface area contributed by atoms with E-state index in [2.05, 4.69) is 19.9 Å². The van der Waals surface area contributed by atoms with Gasteiger partial charge < -0.3 is 19.4 Å². The predicted octanol–water partition coefficient (Wildman–Crippen LogP) is 3.26. The van der Waals surface area contributed by atoms with Gasteiger partial charge in [-0.15, -0.1) is 0 Å². The highest BCUT2D eigenvalue weighted by Crippen LogP contribution is 2.30. The van der Waals surface area contributed by atoms with E-state index in [0.29, 0.717) is 17.3 Å². The zero-order valence-electron chi connectivity index (χ0n) is 13.1. The molecule has 0 aliphatic rings. The van der Waals surface area contributed by atoms with Crippen molar-refractivity contribution in [3.05, 3.63) is 41.3 Å². The standard InChI is InChI=1S/C16H17ClN4O2/c1-21(8-10-4-5-11(22-2)6-13(10)23-3)12-7-14(17)20-16-15(12)18-9-19-16/h4-7,9H,8H2,1-3H3,(H,18,19,20). The molecular formula is C16H17ClN4O2. The Morgan fingerprint density at radius 1 is 1.22 bits per heavy atom. The molecule has 0 fully saturated rings. The third-order valence-corrected chi connectivity index (χ3v) is 3.85. The van der Waals surface area contributed by atoms with Gasteiger partial charge in [0.2, 0.25) is 0 Å². The number of imidazole rings is 1. The lowest BCUT2D eigenvalue weighted by Gasteiger charge is -2.21. The van der Waals surface area contributed by atoms with E-state index < -0.39 is 0 Å². The molecule has 2 heterocycles. The summed E-state index contributed by atoms with van der Waals surface area (Å²) < 4.78 is 10.7. The van der Waals surface area contributed by atoms with E-state index in [-0.39, 0.29) is 0 Å². The normalized spacial score (nSPS) is 10.8. The molecule has 0 saturated carbocycles. The Morgan fingerprint density at radius 2 is 2.04 bits per heavy atom. The Kier molecular flexibility index (Phi) is 4.25. The highest BCUT2D eigenvalue weighted by atomic mass is 35.5. The number of anilines is 1. The van der Waals surface area contributed by atoms with Crippen LogP contribution in [-0.2, 0) is 6.54 Å². The fourth-order valence-corrected chi connectivity index (χ4v) is 2.69. The van der Waals surface area contributed by atoms with Crippen molar-refractivity contribution in [2.24, 2.45) is 0 Å². The van der Waals surface area contributed by atoms with E-state index in [1.165, 1.54) is 0 Å². The molecule has 0 atom stereocenters. The first-order valence-electron chi connectivity index (χ1n) is 7.04. The zero-order chi connectivity index (χ0) is 16.4. The van der Waals surface area contributed by atoms with Crippen molar-refractivity contribution in [3.63, 3.8) is 0 Å². The van der Waals surface area contributed by atoms with Gasteiger partial charge >= 0.3 is 0 Å². The van der Waals surface area contributed by atoms with Crippen LogP contribution in [0.1, 0.15) is 5.56 Å². The largest absolute Gasteiger partial charge is 0.497 e. The van der Waals surface area contributed by atoms with E-state index in [1.54, 1.807) is 20.5 Å². The van der Waals surface area contributed by atoms with Crippen molar-refractivity contribution in [3.8, 4) is 11.5 Å². The maximum atomic E-state index is 6.09. The highest BCUT2D eigenvalue weighted by Gasteiger charge is 2.14. The van der Waals surface area contributed by atoms with Crippen LogP contribution in [0, 0.1) is 0 Å². The van der Waals surface area contributed by atoms with Crippen molar-refractivity contribution in [2.75, 3.05) is 26.2 Å². The SMILES string of the molecule is COc1ccc(CN(C)c2cc(Cl)nc3nc[nH]c23)c(OC)c1. The molecule has 7 heteroatoms. The van der Waals surface area contributed by atoms with Crippen molar-refractivity contribution in [1.82, 2.24) is 15.0 Å². The fourth-order valence-electron chi connectivity index (χ4n) is 2.50. The summed E-state index contributed by atoms with van der Waals surface area (Å²) in [5, 5.41) is 0.410. The number of ether oxygens (including phenoxy) is 2. The van der Waals surface area contributed by atoms with Gasteiger partial charge in [0.1, 0.15) is 22.2 Å².